The van der Waals surface area contributed by atoms with Crippen molar-refractivity contribution < 1.29 is 14.0 Å². The number of oxazole rings is 1. The molecule has 2 amide bonds. The van der Waals surface area contributed by atoms with Gasteiger partial charge in [0.25, 0.3) is 0 Å². The molecule has 160 valence electrons. The van der Waals surface area contributed by atoms with E-state index in [2.05, 4.69) is 26.5 Å². The van der Waals surface area contributed by atoms with Gasteiger partial charge < -0.3 is 15.1 Å². The number of carbonyl (C=O) groups excluding carboxylic acids is 2. The molecule has 1 fully saturated rings. The molecule has 0 saturated carbocycles. The van der Waals surface area contributed by atoms with Crippen LogP contribution < -0.4 is 21.5 Å². The van der Waals surface area contributed by atoms with Crippen molar-refractivity contribution in [1.82, 2.24) is 21.2 Å². The number of para-hydroxylation sites is 1. The van der Waals surface area contributed by atoms with E-state index in [1.807, 2.05) is 61.5 Å². The van der Waals surface area contributed by atoms with E-state index < -0.39 is 0 Å². The fourth-order valence-electron chi connectivity index (χ4n) is 3.42. The zero-order chi connectivity index (χ0) is 21.6. The molecule has 0 unspecified atom stereocenters. The summed E-state index contributed by atoms with van der Waals surface area (Å²) in [5.74, 6) is 0.778. The van der Waals surface area contributed by atoms with Crippen LogP contribution in [0, 0.1) is 12.8 Å². The van der Waals surface area contributed by atoms with Gasteiger partial charge in [-0.1, -0.05) is 42.5 Å². The molecule has 0 atom stereocenters. The summed E-state index contributed by atoms with van der Waals surface area (Å²) in [6.45, 7) is 3.30. The Hall–Kier alpha value is -3.49. The standard InChI is InChI=1S/C23H25N5O3/c1-15-20(14-24-22(30)17-12-25-26-13-17)28-23(31-15)18-9-5-6-10-19(18)27-21(29)11-16-7-3-2-4-8-16/h2-10,17,25-26H,11-14H2,1H3,(H,24,30)(H,27,29). The molecule has 1 saturated heterocycles. The van der Waals surface area contributed by atoms with Crippen LogP contribution in [0.5, 0.6) is 0 Å². The number of nitrogens with one attached hydrogen (secondary N) is 4. The average molecular weight is 419 g/mol. The number of hydrazine groups is 1. The highest BCUT2D eigenvalue weighted by Crippen LogP contribution is 2.29. The third-order valence-electron chi connectivity index (χ3n) is 5.15. The number of rotatable bonds is 7. The lowest BCUT2D eigenvalue weighted by molar-refractivity contribution is -0.124. The lowest BCUT2D eigenvalue weighted by atomic mass is 10.1. The molecule has 31 heavy (non-hydrogen) atoms. The first-order valence-corrected chi connectivity index (χ1v) is 10.2. The highest BCUT2D eigenvalue weighted by Gasteiger charge is 2.23. The molecule has 3 aromatic rings. The van der Waals surface area contributed by atoms with Gasteiger partial charge in [-0.15, -0.1) is 0 Å². The van der Waals surface area contributed by atoms with E-state index in [4.69, 9.17) is 4.42 Å². The molecular weight excluding hydrogens is 394 g/mol. The first kappa shape index (κ1) is 20.8. The van der Waals surface area contributed by atoms with E-state index in [0.29, 0.717) is 41.7 Å². The molecule has 8 nitrogen and oxygen atoms in total. The van der Waals surface area contributed by atoms with E-state index in [1.54, 1.807) is 0 Å². The third kappa shape index (κ3) is 5.17. The van der Waals surface area contributed by atoms with Crippen LogP contribution in [-0.2, 0) is 22.6 Å². The quantitative estimate of drug-likeness (QED) is 0.468. The molecule has 0 radical (unpaired) electrons. The van der Waals surface area contributed by atoms with Crippen molar-refractivity contribution in [3.8, 4) is 11.5 Å². The molecule has 2 aromatic carbocycles. The van der Waals surface area contributed by atoms with Crippen LogP contribution in [0.2, 0.25) is 0 Å². The molecule has 0 aliphatic carbocycles. The minimum atomic E-state index is -0.117. The Morgan fingerprint density at radius 3 is 2.55 bits per heavy atom. The maximum atomic E-state index is 12.5. The number of hydrogen-bond donors (Lipinski definition) is 4. The second kappa shape index (κ2) is 9.55. The number of nitrogens with zero attached hydrogens (tertiary/aromatic N) is 1. The second-order valence-corrected chi connectivity index (χ2v) is 7.45. The van der Waals surface area contributed by atoms with Gasteiger partial charge >= 0.3 is 0 Å². The summed E-state index contributed by atoms with van der Waals surface area (Å²) in [6, 6.07) is 17.0. The van der Waals surface area contributed by atoms with Crippen molar-refractivity contribution in [2.24, 2.45) is 5.92 Å². The van der Waals surface area contributed by atoms with Crippen LogP contribution in [0.15, 0.2) is 59.0 Å². The molecule has 4 rings (SSSR count). The van der Waals surface area contributed by atoms with Crippen LogP contribution in [0.3, 0.4) is 0 Å². The summed E-state index contributed by atoms with van der Waals surface area (Å²) in [4.78, 5) is 29.3. The zero-order valence-corrected chi connectivity index (χ0v) is 17.3. The summed E-state index contributed by atoms with van der Waals surface area (Å²) in [6.07, 6.45) is 0.280. The molecule has 1 aliphatic heterocycles. The van der Waals surface area contributed by atoms with Crippen LogP contribution in [-0.4, -0.2) is 29.9 Å². The summed E-state index contributed by atoms with van der Waals surface area (Å²) in [5, 5.41) is 5.86. The number of aryl methyl sites for hydroxylation is 1. The molecule has 2 heterocycles. The first-order valence-electron chi connectivity index (χ1n) is 10.2. The largest absolute Gasteiger partial charge is 0.441 e. The van der Waals surface area contributed by atoms with Crippen LogP contribution in [0.4, 0.5) is 5.69 Å². The maximum Gasteiger partial charge on any atom is 0.228 e. The zero-order valence-electron chi connectivity index (χ0n) is 17.3. The van der Waals surface area contributed by atoms with E-state index >= 15 is 0 Å². The van der Waals surface area contributed by atoms with E-state index in [0.717, 1.165) is 5.56 Å². The Labute approximate surface area is 180 Å². The SMILES string of the molecule is Cc1oc(-c2ccccc2NC(=O)Cc2ccccc2)nc1CNC(=O)C1CNNC1. The highest BCUT2D eigenvalue weighted by atomic mass is 16.4. The summed E-state index contributed by atoms with van der Waals surface area (Å²) >= 11 is 0. The van der Waals surface area contributed by atoms with Crippen molar-refractivity contribution in [3.63, 3.8) is 0 Å². The van der Waals surface area contributed by atoms with Gasteiger partial charge in [-0.25, -0.2) is 4.98 Å². The van der Waals surface area contributed by atoms with Gasteiger partial charge in [-0.3, -0.25) is 20.4 Å². The molecule has 8 heteroatoms. The fourth-order valence-corrected chi connectivity index (χ4v) is 3.42. The van der Waals surface area contributed by atoms with Crippen molar-refractivity contribution in [2.75, 3.05) is 18.4 Å². The van der Waals surface area contributed by atoms with Crippen molar-refractivity contribution in [3.05, 3.63) is 71.6 Å². The summed E-state index contributed by atoms with van der Waals surface area (Å²) < 4.78 is 5.86. The average Bonchev–Trinajstić information content (AvgIpc) is 3.43. The van der Waals surface area contributed by atoms with Crippen LogP contribution in [0.25, 0.3) is 11.5 Å². The van der Waals surface area contributed by atoms with Gasteiger partial charge in [0.15, 0.2) is 0 Å². The number of carbonyl (C=O) groups is 2. The normalized spacial score (nSPS) is 13.8. The number of benzene rings is 2. The molecular formula is C23H25N5O3. The molecule has 1 aromatic heterocycles. The Morgan fingerprint density at radius 1 is 1.06 bits per heavy atom. The lowest BCUT2D eigenvalue weighted by Crippen LogP contribution is -2.33. The third-order valence-corrected chi connectivity index (χ3v) is 5.15. The van der Waals surface area contributed by atoms with Gasteiger partial charge in [0.2, 0.25) is 17.7 Å². The number of anilines is 1. The number of hydrogen-bond acceptors (Lipinski definition) is 6. The first-order chi connectivity index (χ1) is 15.1. The molecule has 0 bridgehead atoms. The lowest BCUT2D eigenvalue weighted by Gasteiger charge is -2.09. The van der Waals surface area contributed by atoms with Crippen molar-refractivity contribution in [1.29, 1.82) is 0 Å². The van der Waals surface area contributed by atoms with Gasteiger partial charge in [0.05, 0.1) is 30.1 Å². The number of amides is 2. The van der Waals surface area contributed by atoms with E-state index in [9.17, 15) is 9.59 Å². The van der Waals surface area contributed by atoms with E-state index in [1.165, 1.54) is 0 Å². The van der Waals surface area contributed by atoms with Crippen molar-refractivity contribution in [2.45, 2.75) is 19.9 Å². The summed E-state index contributed by atoms with van der Waals surface area (Å²) in [7, 11) is 0. The monoisotopic (exact) mass is 419 g/mol. The smallest absolute Gasteiger partial charge is 0.228 e. The Bertz CT molecular complexity index is 1060. The molecule has 4 N–H and O–H groups in total. The second-order valence-electron chi connectivity index (χ2n) is 7.45. The summed E-state index contributed by atoms with van der Waals surface area (Å²) in [5.41, 5.74) is 8.81. The Morgan fingerprint density at radius 2 is 1.77 bits per heavy atom. The molecule has 1 aliphatic rings. The fraction of sp³-hybridized carbons (Fsp3) is 0.261. The minimum Gasteiger partial charge on any atom is -0.441 e. The Kier molecular flexibility index (Phi) is 6.40. The Balaban J connectivity index is 1.45. The van der Waals surface area contributed by atoms with Crippen LogP contribution in [0.1, 0.15) is 17.0 Å². The van der Waals surface area contributed by atoms with E-state index in [-0.39, 0.29) is 30.7 Å². The van der Waals surface area contributed by atoms with Crippen molar-refractivity contribution >= 4 is 17.5 Å². The topological polar surface area (TPSA) is 108 Å². The molecule has 0 spiro atoms. The van der Waals surface area contributed by atoms with Crippen LogP contribution >= 0.6 is 0 Å². The maximum absolute atomic E-state index is 12.5. The van der Waals surface area contributed by atoms with Gasteiger partial charge in [-0.2, -0.15) is 0 Å². The van der Waals surface area contributed by atoms with Gasteiger partial charge in [0, 0.05) is 13.1 Å². The number of aromatic nitrogens is 1. The predicted molar refractivity (Wildman–Crippen MR) is 117 cm³/mol. The minimum absolute atomic E-state index is 0.0324. The van der Waals surface area contributed by atoms with Gasteiger partial charge in [0.1, 0.15) is 11.5 Å². The highest BCUT2D eigenvalue weighted by molar-refractivity contribution is 5.95. The van der Waals surface area contributed by atoms with Gasteiger partial charge in [-0.05, 0) is 24.6 Å². The predicted octanol–water partition coefficient (Wildman–Crippen LogP) is 2.17.